The van der Waals surface area contributed by atoms with Crippen molar-refractivity contribution in [2.45, 2.75) is 53.9 Å². The van der Waals surface area contributed by atoms with Crippen molar-refractivity contribution in [2.75, 3.05) is 0 Å². The lowest BCUT2D eigenvalue weighted by Gasteiger charge is -2.15. The largest absolute Gasteiger partial charge is 0.102 e. The Hall–Kier alpha value is -0.440. The molecule has 0 aromatic carbocycles. The normalized spacial score (nSPS) is 11.2. The van der Waals surface area contributed by atoms with E-state index >= 15 is 0 Å². The predicted molar refractivity (Wildman–Crippen MR) is 55.9 cm³/mol. The first-order valence-corrected chi connectivity index (χ1v) is 4.98. The highest BCUT2D eigenvalue weighted by atomic mass is 14.1. The maximum absolute atomic E-state index is 3.34. The average molecular weight is 166 g/mol. The highest BCUT2D eigenvalue weighted by molar-refractivity contribution is 5.08. The van der Waals surface area contributed by atoms with Gasteiger partial charge in [-0.1, -0.05) is 33.1 Å². The molecule has 0 aromatic heterocycles. The van der Waals surface area contributed by atoms with E-state index in [9.17, 15) is 0 Å². The third-order valence-electron chi connectivity index (χ3n) is 1.81. The Balaban J connectivity index is 3.91. The number of rotatable bonds is 3. The third kappa shape index (κ3) is 6.28. The fourth-order valence-electron chi connectivity index (χ4n) is 1.18. The van der Waals surface area contributed by atoms with Gasteiger partial charge in [0.25, 0.3) is 0 Å². The minimum atomic E-state index is 0.226. The molecular formula is C12H22. The molecule has 0 unspecified atom stereocenters. The third-order valence-corrected chi connectivity index (χ3v) is 1.81. The highest BCUT2D eigenvalue weighted by Crippen LogP contribution is 2.20. The second kappa shape index (κ2) is 5.25. The fraction of sp³-hybridized carbons (Fsp3) is 0.833. The molecule has 0 saturated heterocycles. The zero-order chi connectivity index (χ0) is 9.61. The Morgan fingerprint density at radius 3 is 2.25 bits per heavy atom. The molecular weight excluding hydrogens is 144 g/mol. The zero-order valence-electron chi connectivity index (χ0n) is 9.20. The van der Waals surface area contributed by atoms with Gasteiger partial charge in [0.1, 0.15) is 0 Å². The molecule has 0 bridgehead atoms. The van der Waals surface area contributed by atoms with Gasteiger partial charge in [0.2, 0.25) is 0 Å². The minimum absolute atomic E-state index is 0.226. The molecule has 0 heteroatoms. The molecule has 70 valence electrons. The molecule has 0 aromatic rings. The van der Waals surface area contributed by atoms with E-state index in [-0.39, 0.29) is 5.41 Å². The Labute approximate surface area is 77.8 Å². The van der Waals surface area contributed by atoms with E-state index in [1.807, 2.05) is 0 Å². The zero-order valence-corrected chi connectivity index (χ0v) is 9.20. The summed E-state index contributed by atoms with van der Waals surface area (Å²) in [4.78, 5) is 0. The van der Waals surface area contributed by atoms with Crippen LogP contribution in [0, 0.1) is 23.2 Å². The summed E-state index contributed by atoms with van der Waals surface area (Å²) in [5, 5.41) is 0. The standard InChI is InChI=1S/C12H22/c1-6-9-12(4,5)10-7-8-11(2)3/h11H,6,8-9H2,1-5H3. The van der Waals surface area contributed by atoms with Crippen LogP contribution in [0.4, 0.5) is 0 Å². The van der Waals surface area contributed by atoms with Gasteiger partial charge in [0.05, 0.1) is 0 Å². The van der Waals surface area contributed by atoms with E-state index in [4.69, 9.17) is 0 Å². The Morgan fingerprint density at radius 2 is 1.83 bits per heavy atom. The maximum Gasteiger partial charge on any atom is 0.0258 e. The lowest BCUT2D eigenvalue weighted by atomic mass is 9.88. The van der Waals surface area contributed by atoms with Crippen LogP contribution >= 0.6 is 0 Å². The van der Waals surface area contributed by atoms with Gasteiger partial charge >= 0.3 is 0 Å². The molecule has 0 heterocycles. The Bertz CT molecular complexity index is 164. The Morgan fingerprint density at radius 1 is 1.25 bits per heavy atom. The topological polar surface area (TPSA) is 0 Å². The first-order valence-electron chi connectivity index (χ1n) is 4.98. The smallest absolute Gasteiger partial charge is 0.0258 e. The lowest BCUT2D eigenvalue weighted by molar-refractivity contribution is 0.451. The van der Waals surface area contributed by atoms with Crippen molar-refractivity contribution in [3.8, 4) is 11.8 Å². The molecule has 0 radical (unpaired) electrons. The van der Waals surface area contributed by atoms with Crippen LogP contribution in [0.25, 0.3) is 0 Å². The number of hydrogen-bond donors (Lipinski definition) is 0. The van der Waals surface area contributed by atoms with Crippen molar-refractivity contribution in [1.82, 2.24) is 0 Å². The van der Waals surface area contributed by atoms with Gasteiger partial charge in [-0.15, -0.1) is 5.92 Å². The van der Waals surface area contributed by atoms with Crippen molar-refractivity contribution in [3.63, 3.8) is 0 Å². The monoisotopic (exact) mass is 166 g/mol. The summed E-state index contributed by atoms with van der Waals surface area (Å²) < 4.78 is 0. The minimum Gasteiger partial charge on any atom is -0.102 e. The van der Waals surface area contributed by atoms with Crippen LogP contribution in [0.1, 0.15) is 53.9 Å². The van der Waals surface area contributed by atoms with Crippen LogP contribution in [0.5, 0.6) is 0 Å². The molecule has 0 atom stereocenters. The van der Waals surface area contributed by atoms with Gasteiger partial charge in [0, 0.05) is 11.8 Å². The predicted octanol–water partition coefficient (Wildman–Crippen LogP) is 3.86. The van der Waals surface area contributed by atoms with E-state index < -0.39 is 0 Å². The molecule has 0 nitrogen and oxygen atoms in total. The van der Waals surface area contributed by atoms with Gasteiger partial charge in [-0.05, 0) is 26.2 Å². The van der Waals surface area contributed by atoms with E-state index in [1.165, 1.54) is 12.8 Å². The molecule has 0 aliphatic carbocycles. The first kappa shape index (κ1) is 11.6. The van der Waals surface area contributed by atoms with E-state index in [0.717, 1.165) is 6.42 Å². The van der Waals surface area contributed by atoms with Crippen molar-refractivity contribution >= 4 is 0 Å². The molecule has 0 aliphatic rings. The molecule has 0 spiro atoms. The summed E-state index contributed by atoms with van der Waals surface area (Å²) in [5.74, 6) is 7.30. The maximum atomic E-state index is 3.34. The average Bonchev–Trinajstić information content (AvgIpc) is 1.85. The van der Waals surface area contributed by atoms with Crippen molar-refractivity contribution < 1.29 is 0 Å². The fourth-order valence-corrected chi connectivity index (χ4v) is 1.18. The molecule has 0 rings (SSSR count). The summed E-state index contributed by atoms with van der Waals surface area (Å²) >= 11 is 0. The van der Waals surface area contributed by atoms with Crippen LogP contribution in [-0.4, -0.2) is 0 Å². The van der Waals surface area contributed by atoms with Gasteiger partial charge in [-0.25, -0.2) is 0 Å². The summed E-state index contributed by atoms with van der Waals surface area (Å²) in [6.45, 7) is 11.1. The van der Waals surface area contributed by atoms with Crippen LogP contribution in [-0.2, 0) is 0 Å². The molecule has 0 saturated carbocycles. The van der Waals surface area contributed by atoms with Crippen molar-refractivity contribution in [1.29, 1.82) is 0 Å². The van der Waals surface area contributed by atoms with Gasteiger partial charge in [0.15, 0.2) is 0 Å². The van der Waals surface area contributed by atoms with E-state index in [2.05, 4.69) is 46.5 Å². The summed E-state index contributed by atoms with van der Waals surface area (Å²) in [6.07, 6.45) is 3.47. The van der Waals surface area contributed by atoms with Crippen LogP contribution in [0.3, 0.4) is 0 Å². The van der Waals surface area contributed by atoms with Crippen LogP contribution in [0.2, 0.25) is 0 Å². The van der Waals surface area contributed by atoms with Gasteiger partial charge in [-0.2, -0.15) is 0 Å². The number of hydrogen-bond acceptors (Lipinski definition) is 0. The molecule has 12 heavy (non-hydrogen) atoms. The quantitative estimate of drug-likeness (QED) is 0.558. The lowest BCUT2D eigenvalue weighted by Crippen LogP contribution is -2.06. The van der Waals surface area contributed by atoms with Crippen molar-refractivity contribution in [2.24, 2.45) is 11.3 Å². The van der Waals surface area contributed by atoms with E-state index in [0.29, 0.717) is 5.92 Å². The molecule has 0 fully saturated rings. The van der Waals surface area contributed by atoms with Crippen LogP contribution < -0.4 is 0 Å². The van der Waals surface area contributed by atoms with Crippen LogP contribution in [0.15, 0.2) is 0 Å². The highest BCUT2D eigenvalue weighted by Gasteiger charge is 2.11. The molecule has 0 N–H and O–H groups in total. The second-order valence-electron chi connectivity index (χ2n) is 4.53. The van der Waals surface area contributed by atoms with E-state index in [1.54, 1.807) is 0 Å². The molecule has 0 aliphatic heterocycles. The summed E-state index contributed by atoms with van der Waals surface area (Å²) in [6, 6.07) is 0. The SMILES string of the molecule is CCCC(C)(C)C#CCC(C)C. The van der Waals surface area contributed by atoms with Gasteiger partial charge < -0.3 is 0 Å². The van der Waals surface area contributed by atoms with Crippen molar-refractivity contribution in [3.05, 3.63) is 0 Å². The Kier molecular flexibility index (Phi) is 5.06. The summed E-state index contributed by atoms with van der Waals surface area (Å²) in [5.41, 5.74) is 0.226. The molecule has 0 amide bonds. The second-order valence-corrected chi connectivity index (χ2v) is 4.53. The summed E-state index contributed by atoms with van der Waals surface area (Å²) in [7, 11) is 0. The first-order chi connectivity index (χ1) is 5.48. The van der Waals surface area contributed by atoms with Gasteiger partial charge in [-0.3, -0.25) is 0 Å².